The number of fused-ring (bicyclic) bond motifs is 1. The third-order valence-electron chi connectivity index (χ3n) is 5.70. The first-order valence-corrected chi connectivity index (χ1v) is 11.4. The molecule has 0 aliphatic carbocycles. The molecule has 0 spiro atoms. The van der Waals surface area contributed by atoms with Crippen molar-refractivity contribution in [3.63, 3.8) is 0 Å². The summed E-state index contributed by atoms with van der Waals surface area (Å²) in [4.78, 5) is 17.7. The third kappa shape index (κ3) is 5.61. The lowest BCUT2D eigenvalue weighted by Crippen LogP contribution is -2.41. The van der Waals surface area contributed by atoms with Crippen LogP contribution < -0.4 is 15.6 Å². The number of benzene rings is 3. The first-order valence-electron chi connectivity index (χ1n) is 11.0. The summed E-state index contributed by atoms with van der Waals surface area (Å²) in [5, 5.41) is 4.75. The molecule has 4 rings (SSSR count). The van der Waals surface area contributed by atoms with Crippen molar-refractivity contribution in [2.24, 2.45) is 0 Å². The van der Waals surface area contributed by atoms with Crippen LogP contribution in [-0.4, -0.2) is 22.1 Å². The van der Waals surface area contributed by atoms with Crippen LogP contribution in [0, 0.1) is 5.82 Å². The summed E-state index contributed by atoms with van der Waals surface area (Å²) in [5.74, 6) is 0.413. The van der Waals surface area contributed by atoms with Gasteiger partial charge in [0.2, 0.25) is 0 Å². The minimum Gasteiger partial charge on any atom is -0.497 e. The molecule has 1 aromatic heterocycles. The van der Waals surface area contributed by atoms with Gasteiger partial charge in [-0.05, 0) is 66.7 Å². The van der Waals surface area contributed by atoms with Crippen LogP contribution in [0.3, 0.4) is 0 Å². The van der Waals surface area contributed by atoms with Crippen LogP contribution in [0.15, 0.2) is 83.7 Å². The quantitative estimate of drug-likeness (QED) is 0.355. The highest BCUT2D eigenvalue weighted by Crippen LogP contribution is 2.20. The second-order valence-corrected chi connectivity index (χ2v) is 8.53. The molecule has 0 amide bonds. The van der Waals surface area contributed by atoms with E-state index in [1.807, 2.05) is 66.4 Å². The average Bonchev–Trinajstić information content (AvgIpc) is 2.85. The van der Waals surface area contributed by atoms with Crippen molar-refractivity contribution in [1.29, 1.82) is 0 Å². The van der Waals surface area contributed by atoms with Crippen molar-refractivity contribution >= 4 is 28.2 Å². The molecule has 1 heterocycles. The van der Waals surface area contributed by atoms with Crippen LogP contribution >= 0.6 is 12.2 Å². The van der Waals surface area contributed by atoms with Crippen LogP contribution in [0.25, 0.3) is 10.9 Å². The van der Waals surface area contributed by atoms with E-state index < -0.39 is 0 Å². The summed E-state index contributed by atoms with van der Waals surface area (Å²) in [5.41, 5.74) is 3.11. The molecule has 2 N–H and O–H groups in total. The van der Waals surface area contributed by atoms with E-state index in [1.54, 1.807) is 19.2 Å². The van der Waals surface area contributed by atoms with Gasteiger partial charge in [0.05, 0.1) is 19.7 Å². The number of rotatable bonds is 7. The van der Waals surface area contributed by atoms with Crippen LogP contribution in [0.4, 0.5) is 4.39 Å². The van der Waals surface area contributed by atoms with Gasteiger partial charge in [-0.25, -0.2) is 4.39 Å². The molecule has 34 heavy (non-hydrogen) atoms. The Bertz CT molecular complexity index is 1340. The Hall–Kier alpha value is -3.71. The number of hydrogen-bond acceptors (Lipinski definition) is 3. The number of nitrogens with one attached hydrogen (secondary N) is 2. The number of halogens is 1. The van der Waals surface area contributed by atoms with Gasteiger partial charge in [-0.15, -0.1) is 0 Å². The Morgan fingerprint density at radius 1 is 1.06 bits per heavy atom. The average molecular weight is 476 g/mol. The molecule has 3 aromatic carbocycles. The Labute approximate surface area is 203 Å². The number of methoxy groups -OCH3 is 1. The van der Waals surface area contributed by atoms with Crippen LogP contribution in [0.1, 0.15) is 29.7 Å². The Kier molecular flexibility index (Phi) is 7.23. The van der Waals surface area contributed by atoms with E-state index in [1.165, 1.54) is 12.1 Å². The lowest BCUT2D eigenvalue weighted by Gasteiger charge is -2.28. The second-order valence-electron chi connectivity index (χ2n) is 8.14. The van der Waals surface area contributed by atoms with E-state index in [2.05, 4.69) is 10.3 Å². The van der Waals surface area contributed by atoms with Gasteiger partial charge >= 0.3 is 0 Å². The molecule has 0 saturated carbocycles. The Morgan fingerprint density at radius 2 is 1.79 bits per heavy atom. The number of H-pyrrole nitrogens is 1. The van der Waals surface area contributed by atoms with Crippen molar-refractivity contribution in [1.82, 2.24) is 15.2 Å². The molecular weight excluding hydrogens is 449 g/mol. The molecule has 7 heteroatoms. The number of thiocarbonyl (C=S) groups is 1. The highest BCUT2D eigenvalue weighted by Gasteiger charge is 2.17. The maximum absolute atomic E-state index is 13.4. The minimum atomic E-state index is -0.298. The predicted molar refractivity (Wildman–Crippen MR) is 137 cm³/mol. The van der Waals surface area contributed by atoms with Gasteiger partial charge in [0, 0.05) is 23.0 Å². The molecule has 0 radical (unpaired) electrons. The molecule has 4 aromatic rings. The number of aromatic nitrogens is 1. The zero-order chi connectivity index (χ0) is 24.1. The first kappa shape index (κ1) is 23.4. The molecular formula is C27H26FN3O2S. The summed E-state index contributed by atoms with van der Waals surface area (Å²) >= 11 is 5.76. The van der Waals surface area contributed by atoms with Gasteiger partial charge < -0.3 is 19.9 Å². The fourth-order valence-electron chi connectivity index (χ4n) is 3.79. The molecule has 0 aliphatic heterocycles. The number of nitrogens with zero attached hydrogens (tertiary/aromatic N) is 1. The fourth-order valence-corrected chi connectivity index (χ4v) is 4.10. The number of hydrogen-bond donors (Lipinski definition) is 2. The van der Waals surface area contributed by atoms with Crippen molar-refractivity contribution < 1.29 is 9.13 Å². The fraction of sp³-hybridized carbons (Fsp3) is 0.185. The maximum Gasteiger partial charge on any atom is 0.253 e. The lowest BCUT2D eigenvalue weighted by molar-refractivity contribution is 0.392. The Balaban J connectivity index is 1.63. The van der Waals surface area contributed by atoms with Gasteiger partial charge in [-0.1, -0.05) is 42.5 Å². The number of pyridine rings is 1. The van der Waals surface area contributed by atoms with E-state index in [9.17, 15) is 9.18 Å². The molecule has 1 atom stereocenters. The van der Waals surface area contributed by atoms with E-state index in [0.717, 1.165) is 22.0 Å². The van der Waals surface area contributed by atoms with Crippen LogP contribution in [-0.2, 0) is 13.1 Å². The van der Waals surface area contributed by atoms with E-state index in [0.29, 0.717) is 23.0 Å². The van der Waals surface area contributed by atoms with E-state index >= 15 is 0 Å². The predicted octanol–water partition coefficient (Wildman–Crippen LogP) is 5.31. The highest BCUT2D eigenvalue weighted by atomic mass is 32.1. The molecule has 0 fully saturated rings. The molecule has 0 aliphatic rings. The molecule has 0 bridgehead atoms. The standard InChI is InChI=1S/C27H26FN3O2S/c1-18(20-6-4-3-5-7-20)29-27(34)31(16-19-8-10-23(28)11-9-19)17-22-14-21-15-24(33-2)12-13-25(21)30-26(22)32/h3-15,18H,16-17H2,1-2H3,(H,29,34)(H,30,32)/t18-/m1/s1. The van der Waals surface area contributed by atoms with Gasteiger partial charge in [-0.3, -0.25) is 4.79 Å². The van der Waals surface area contributed by atoms with Crippen LogP contribution in [0.5, 0.6) is 5.75 Å². The number of aromatic amines is 1. The van der Waals surface area contributed by atoms with Crippen LogP contribution in [0.2, 0.25) is 0 Å². The normalized spacial score (nSPS) is 11.7. The first-order chi connectivity index (χ1) is 16.4. The summed E-state index contributed by atoms with van der Waals surface area (Å²) in [6.07, 6.45) is 0. The summed E-state index contributed by atoms with van der Waals surface area (Å²) < 4.78 is 18.8. The summed E-state index contributed by atoms with van der Waals surface area (Å²) in [7, 11) is 1.61. The number of ether oxygens (including phenoxy) is 1. The topological polar surface area (TPSA) is 57.4 Å². The molecule has 174 valence electrons. The smallest absolute Gasteiger partial charge is 0.253 e. The second kappa shape index (κ2) is 10.5. The molecule has 0 unspecified atom stereocenters. The highest BCUT2D eigenvalue weighted by molar-refractivity contribution is 7.80. The maximum atomic E-state index is 13.4. The SMILES string of the molecule is COc1ccc2[nH]c(=O)c(CN(Cc3ccc(F)cc3)C(=S)N[C@H](C)c3ccccc3)cc2c1. The van der Waals surface area contributed by atoms with Crippen molar-refractivity contribution in [3.8, 4) is 5.75 Å². The van der Waals surface area contributed by atoms with Crippen molar-refractivity contribution in [2.45, 2.75) is 26.1 Å². The summed E-state index contributed by atoms with van der Waals surface area (Å²) in [6.45, 7) is 2.74. The van der Waals surface area contributed by atoms with E-state index in [4.69, 9.17) is 17.0 Å². The van der Waals surface area contributed by atoms with Gasteiger partial charge in [0.15, 0.2) is 5.11 Å². The van der Waals surface area contributed by atoms with Gasteiger partial charge in [0.1, 0.15) is 11.6 Å². The third-order valence-corrected chi connectivity index (χ3v) is 6.08. The zero-order valence-corrected chi connectivity index (χ0v) is 19.9. The lowest BCUT2D eigenvalue weighted by atomic mass is 10.1. The summed E-state index contributed by atoms with van der Waals surface area (Å²) in [6, 6.07) is 23.6. The van der Waals surface area contributed by atoms with Gasteiger partial charge in [-0.2, -0.15) is 0 Å². The van der Waals surface area contributed by atoms with Gasteiger partial charge in [0.25, 0.3) is 5.56 Å². The largest absolute Gasteiger partial charge is 0.497 e. The Morgan fingerprint density at radius 3 is 2.50 bits per heavy atom. The monoisotopic (exact) mass is 475 g/mol. The van der Waals surface area contributed by atoms with E-state index in [-0.39, 0.29) is 24.0 Å². The minimum absolute atomic E-state index is 0.0245. The molecule has 0 saturated heterocycles. The molecule has 5 nitrogen and oxygen atoms in total. The zero-order valence-electron chi connectivity index (χ0n) is 19.0. The van der Waals surface area contributed by atoms with Crippen molar-refractivity contribution in [2.75, 3.05) is 7.11 Å². The van der Waals surface area contributed by atoms with Crippen molar-refractivity contribution in [3.05, 3.63) is 112 Å².